The average molecular weight is 190 g/mol. The Balaban J connectivity index is 0.000000500. The third-order valence-electron chi connectivity index (χ3n) is 1.24. The molecule has 0 aliphatic heterocycles. The van der Waals surface area contributed by atoms with Gasteiger partial charge in [0.15, 0.2) is 0 Å². The lowest BCUT2D eigenvalue weighted by Crippen LogP contribution is -1.61. The molecule has 1 aromatic heterocycles. The van der Waals surface area contributed by atoms with Crippen LogP contribution in [0.4, 0.5) is 0 Å². The summed E-state index contributed by atoms with van der Waals surface area (Å²) < 4.78 is 1.26. The Kier molecular flexibility index (Phi) is 4.03. The van der Waals surface area contributed by atoms with E-state index in [4.69, 9.17) is 0 Å². The molecule has 1 heterocycles. The summed E-state index contributed by atoms with van der Waals surface area (Å²) in [7, 11) is 0. The lowest BCUT2D eigenvalue weighted by atomic mass is 10.3. The first-order valence-corrected chi connectivity index (χ1v) is 3.63. The van der Waals surface area contributed by atoms with E-state index in [1.807, 2.05) is 23.7 Å². The summed E-state index contributed by atoms with van der Waals surface area (Å²) in [6.45, 7) is 0. The summed E-state index contributed by atoms with van der Waals surface area (Å²) in [5.74, 6) is 0. The number of nitrogens with zero attached hydrogens (tertiary/aromatic N) is 1. The number of fused-ring (bicyclic) bond motifs is 1. The Morgan fingerprint density at radius 1 is 1.18 bits per heavy atom. The highest BCUT2D eigenvalue weighted by Gasteiger charge is 1.89. The van der Waals surface area contributed by atoms with Crippen LogP contribution < -0.4 is 0 Å². The predicted molar refractivity (Wildman–Crippen MR) is 50.5 cm³/mol. The molecule has 2 aromatic rings. The van der Waals surface area contributed by atoms with Gasteiger partial charge in [-0.2, -0.15) is 0 Å². The molecule has 0 fully saturated rings. The van der Waals surface area contributed by atoms with Crippen molar-refractivity contribution in [3.05, 3.63) is 29.8 Å². The van der Waals surface area contributed by atoms with Gasteiger partial charge in [-0.25, -0.2) is 4.98 Å². The van der Waals surface area contributed by atoms with E-state index in [0.29, 0.717) is 0 Å². The summed E-state index contributed by atoms with van der Waals surface area (Å²) in [6, 6.07) is 8.13. The number of halogens is 1. The lowest BCUT2D eigenvalue weighted by Gasteiger charge is -1.80. The highest BCUT2D eigenvalue weighted by Crippen LogP contribution is 2.15. The number of para-hydroxylation sites is 1. The van der Waals surface area contributed by atoms with E-state index < -0.39 is 0 Å². The minimum atomic E-state index is 0. The average Bonchev–Trinajstić information content (AvgIpc) is 2.33. The third-order valence-corrected chi connectivity index (χ3v) is 2.05. The van der Waals surface area contributed by atoms with Crippen LogP contribution in [0, 0.1) is 0 Å². The fourth-order valence-corrected chi connectivity index (χ4v) is 1.48. The van der Waals surface area contributed by atoms with Crippen LogP contribution in [0.5, 0.6) is 0 Å². The maximum atomic E-state index is 4.14. The van der Waals surface area contributed by atoms with Gasteiger partial charge in [-0.3, -0.25) is 0 Å². The highest BCUT2D eigenvalue weighted by molar-refractivity contribution is 7.16. The van der Waals surface area contributed by atoms with Gasteiger partial charge >= 0.3 is 0 Å². The van der Waals surface area contributed by atoms with Gasteiger partial charge in [0, 0.05) is 0 Å². The molecule has 0 radical (unpaired) electrons. The first kappa shape index (κ1) is 10.4. The molecule has 4 heteroatoms. The Morgan fingerprint density at radius 3 is 2.64 bits per heavy atom. The van der Waals surface area contributed by atoms with Gasteiger partial charge in [0.1, 0.15) is 0 Å². The number of hydrogen-bond donors (Lipinski definition) is 0. The smallest absolute Gasteiger partial charge is 0.0812 e. The molecule has 2 rings (SSSR count). The molecule has 0 bridgehead atoms. The van der Waals surface area contributed by atoms with Gasteiger partial charge in [0.25, 0.3) is 0 Å². The topological polar surface area (TPSA) is 44.4 Å². The number of thiazole rings is 1. The van der Waals surface area contributed by atoms with Crippen molar-refractivity contribution in [3.63, 3.8) is 0 Å². The van der Waals surface area contributed by atoms with Crippen molar-refractivity contribution in [2.24, 2.45) is 0 Å². The molecule has 2 nitrogen and oxygen atoms in total. The van der Waals surface area contributed by atoms with E-state index in [0.717, 1.165) is 5.52 Å². The number of benzene rings is 1. The quantitative estimate of drug-likeness (QED) is 0.624. The molecule has 0 unspecified atom stereocenters. The zero-order valence-electron chi connectivity index (χ0n) is 5.65. The molecule has 1 aromatic carbocycles. The Hall–Kier alpha value is -0.640. The molecule has 0 saturated heterocycles. The van der Waals surface area contributed by atoms with Crippen LogP contribution in [-0.2, 0) is 0 Å². The van der Waals surface area contributed by atoms with Crippen molar-refractivity contribution in [2.45, 2.75) is 0 Å². The highest BCUT2D eigenvalue weighted by atomic mass is 35.5. The number of aromatic nitrogens is 1. The second-order valence-corrected chi connectivity index (χ2v) is 2.71. The van der Waals surface area contributed by atoms with Crippen LogP contribution >= 0.6 is 23.7 Å². The third kappa shape index (κ3) is 1.89. The van der Waals surface area contributed by atoms with Crippen LogP contribution in [0.25, 0.3) is 10.2 Å². The maximum absolute atomic E-state index is 4.14. The van der Waals surface area contributed by atoms with Crippen LogP contribution in [0.15, 0.2) is 29.8 Å². The van der Waals surface area contributed by atoms with Gasteiger partial charge in [-0.1, -0.05) is 12.1 Å². The van der Waals surface area contributed by atoms with Gasteiger partial charge < -0.3 is 5.48 Å². The standard InChI is InChI=1S/C7H5NS.ClH.H2O/c1-2-4-7-6(3-1)8-5-9-7;;/h1-5H;1H;1H2. The molecule has 0 aliphatic carbocycles. The van der Waals surface area contributed by atoms with Crippen molar-refractivity contribution in [1.82, 2.24) is 4.98 Å². The van der Waals surface area contributed by atoms with E-state index in [-0.39, 0.29) is 17.9 Å². The zero-order valence-corrected chi connectivity index (χ0v) is 7.28. The second-order valence-electron chi connectivity index (χ2n) is 1.82. The normalized spacial score (nSPS) is 8.36. The van der Waals surface area contributed by atoms with E-state index in [1.54, 1.807) is 11.3 Å². The second kappa shape index (κ2) is 4.28. The number of hydrogen-bond acceptors (Lipinski definition) is 2. The first-order valence-electron chi connectivity index (χ1n) is 2.75. The molecular formula is C7H8ClNOS. The van der Waals surface area contributed by atoms with Gasteiger partial charge in [-0.15, -0.1) is 23.7 Å². The van der Waals surface area contributed by atoms with Gasteiger partial charge in [-0.05, 0) is 12.1 Å². The fourth-order valence-electron chi connectivity index (χ4n) is 0.803. The van der Waals surface area contributed by atoms with Crippen LogP contribution in [-0.4, -0.2) is 10.5 Å². The van der Waals surface area contributed by atoms with Gasteiger partial charge in [0.05, 0.1) is 15.7 Å². The summed E-state index contributed by atoms with van der Waals surface area (Å²) in [4.78, 5) is 4.14. The summed E-state index contributed by atoms with van der Waals surface area (Å²) in [5.41, 5.74) is 2.97. The zero-order chi connectivity index (χ0) is 6.10. The van der Waals surface area contributed by atoms with Gasteiger partial charge in [0.2, 0.25) is 0 Å². The molecule has 0 saturated carbocycles. The molecule has 11 heavy (non-hydrogen) atoms. The van der Waals surface area contributed by atoms with Crippen molar-refractivity contribution in [3.8, 4) is 0 Å². The monoisotopic (exact) mass is 189 g/mol. The minimum absolute atomic E-state index is 0. The van der Waals surface area contributed by atoms with E-state index in [2.05, 4.69) is 11.1 Å². The minimum Gasteiger partial charge on any atom is -0.412 e. The lowest BCUT2D eigenvalue weighted by molar-refractivity contribution is 0.824. The van der Waals surface area contributed by atoms with E-state index in [1.165, 1.54) is 4.70 Å². The SMILES string of the molecule is Cl.O.c1ccc2scnc2c1. The van der Waals surface area contributed by atoms with E-state index >= 15 is 0 Å². The molecule has 0 spiro atoms. The Bertz CT molecular complexity index is 292. The Morgan fingerprint density at radius 2 is 1.91 bits per heavy atom. The fraction of sp³-hybridized carbons (Fsp3) is 0. The number of rotatable bonds is 0. The van der Waals surface area contributed by atoms with Crippen LogP contribution in [0.2, 0.25) is 0 Å². The molecule has 60 valence electrons. The molecular weight excluding hydrogens is 182 g/mol. The van der Waals surface area contributed by atoms with Crippen molar-refractivity contribution in [1.29, 1.82) is 0 Å². The molecule has 2 N–H and O–H groups in total. The largest absolute Gasteiger partial charge is 0.412 e. The Labute approximate surface area is 74.6 Å². The predicted octanol–water partition coefficient (Wildman–Crippen LogP) is 1.89. The summed E-state index contributed by atoms with van der Waals surface area (Å²) >= 11 is 1.68. The maximum Gasteiger partial charge on any atom is 0.0812 e. The van der Waals surface area contributed by atoms with Crippen molar-refractivity contribution >= 4 is 34.0 Å². The van der Waals surface area contributed by atoms with Crippen LogP contribution in [0.3, 0.4) is 0 Å². The summed E-state index contributed by atoms with van der Waals surface area (Å²) in [5, 5.41) is 0. The van der Waals surface area contributed by atoms with Crippen LogP contribution in [0.1, 0.15) is 0 Å². The summed E-state index contributed by atoms with van der Waals surface area (Å²) in [6.07, 6.45) is 0. The van der Waals surface area contributed by atoms with Crippen molar-refractivity contribution < 1.29 is 5.48 Å². The first-order chi connectivity index (χ1) is 4.47. The molecule has 0 amide bonds. The molecule has 0 aliphatic rings. The van der Waals surface area contributed by atoms with E-state index in [9.17, 15) is 0 Å². The molecule has 0 atom stereocenters. The van der Waals surface area contributed by atoms with Crippen molar-refractivity contribution in [2.75, 3.05) is 0 Å².